The maximum absolute atomic E-state index is 12.0. The Labute approximate surface area is 178 Å². The minimum Gasteiger partial charge on any atom is -0.465 e. The molecular weight excluding hydrogens is 374 g/mol. The van der Waals surface area contributed by atoms with Crippen molar-refractivity contribution in [2.24, 2.45) is 5.92 Å². The molecule has 1 amide bonds. The van der Waals surface area contributed by atoms with Crippen LogP contribution in [0.3, 0.4) is 0 Å². The van der Waals surface area contributed by atoms with E-state index in [0.29, 0.717) is 12.0 Å². The Morgan fingerprint density at radius 2 is 1.93 bits per heavy atom. The van der Waals surface area contributed by atoms with E-state index in [2.05, 4.69) is 34.9 Å². The highest BCUT2D eigenvalue weighted by molar-refractivity contribution is 5.90. The zero-order valence-electron chi connectivity index (χ0n) is 17.4. The first-order valence-corrected chi connectivity index (χ1v) is 11.3. The summed E-state index contributed by atoms with van der Waals surface area (Å²) < 4.78 is 0. The molecule has 5 heteroatoms. The Kier molecular flexibility index (Phi) is 5.48. The van der Waals surface area contributed by atoms with Crippen LogP contribution in [0.5, 0.6) is 0 Å². The van der Waals surface area contributed by atoms with Crippen LogP contribution in [0.1, 0.15) is 41.9 Å². The van der Waals surface area contributed by atoms with Crippen LogP contribution in [0.4, 0.5) is 10.5 Å². The SMILES string of the molecule is O=C(O)N1c2ccc(C3CC3NCC3CCNCC3)cc2CC1Cc1ccccc1. The van der Waals surface area contributed by atoms with E-state index in [9.17, 15) is 9.90 Å². The van der Waals surface area contributed by atoms with E-state index in [0.717, 1.165) is 44.1 Å². The van der Waals surface area contributed by atoms with Crippen LogP contribution in [-0.2, 0) is 12.8 Å². The van der Waals surface area contributed by atoms with Crippen molar-refractivity contribution in [1.82, 2.24) is 10.6 Å². The van der Waals surface area contributed by atoms with E-state index < -0.39 is 6.09 Å². The summed E-state index contributed by atoms with van der Waals surface area (Å²) in [4.78, 5) is 13.6. The minimum absolute atomic E-state index is 0.0248. The van der Waals surface area contributed by atoms with Gasteiger partial charge in [-0.3, -0.25) is 4.90 Å². The number of hydrogen-bond acceptors (Lipinski definition) is 3. The van der Waals surface area contributed by atoms with Crippen molar-refractivity contribution in [3.8, 4) is 0 Å². The number of fused-ring (bicyclic) bond motifs is 1. The summed E-state index contributed by atoms with van der Waals surface area (Å²) >= 11 is 0. The van der Waals surface area contributed by atoms with Crippen molar-refractivity contribution in [2.45, 2.75) is 50.1 Å². The summed E-state index contributed by atoms with van der Waals surface area (Å²) in [5, 5.41) is 17.1. The highest BCUT2D eigenvalue weighted by atomic mass is 16.4. The number of hydrogen-bond donors (Lipinski definition) is 3. The second-order valence-corrected chi connectivity index (χ2v) is 9.14. The van der Waals surface area contributed by atoms with Gasteiger partial charge in [0.25, 0.3) is 0 Å². The zero-order chi connectivity index (χ0) is 20.5. The van der Waals surface area contributed by atoms with E-state index in [4.69, 9.17) is 0 Å². The summed E-state index contributed by atoms with van der Waals surface area (Å²) in [6.07, 6.45) is 4.44. The molecule has 2 aliphatic heterocycles. The maximum Gasteiger partial charge on any atom is 0.412 e. The molecule has 3 unspecified atom stereocenters. The van der Waals surface area contributed by atoms with Gasteiger partial charge in [-0.05, 0) is 80.4 Å². The smallest absolute Gasteiger partial charge is 0.412 e. The largest absolute Gasteiger partial charge is 0.465 e. The number of nitrogens with one attached hydrogen (secondary N) is 2. The number of nitrogens with zero attached hydrogens (tertiary/aromatic N) is 1. The average molecular weight is 406 g/mol. The van der Waals surface area contributed by atoms with E-state index in [1.807, 2.05) is 24.3 Å². The van der Waals surface area contributed by atoms with Crippen LogP contribution in [0, 0.1) is 5.92 Å². The predicted molar refractivity (Wildman–Crippen MR) is 119 cm³/mol. The third kappa shape index (κ3) is 4.09. The first kappa shape index (κ1) is 19.6. The van der Waals surface area contributed by atoms with Crippen LogP contribution in [-0.4, -0.2) is 42.9 Å². The van der Waals surface area contributed by atoms with Gasteiger partial charge in [0.2, 0.25) is 0 Å². The van der Waals surface area contributed by atoms with Gasteiger partial charge in [0.05, 0.1) is 5.69 Å². The van der Waals surface area contributed by atoms with Crippen molar-refractivity contribution in [3.05, 3.63) is 65.2 Å². The van der Waals surface area contributed by atoms with Gasteiger partial charge in [-0.1, -0.05) is 42.5 Å². The lowest BCUT2D eigenvalue weighted by Gasteiger charge is -2.23. The van der Waals surface area contributed by atoms with Crippen molar-refractivity contribution >= 4 is 11.8 Å². The monoisotopic (exact) mass is 405 g/mol. The summed E-state index contributed by atoms with van der Waals surface area (Å²) in [5.41, 5.74) is 4.60. The number of rotatable bonds is 6. The van der Waals surface area contributed by atoms with Crippen molar-refractivity contribution in [3.63, 3.8) is 0 Å². The van der Waals surface area contributed by atoms with E-state index in [1.165, 1.54) is 36.0 Å². The molecule has 2 heterocycles. The van der Waals surface area contributed by atoms with E-state index in [1.54, 1.807) is 4.90 Å². The highest BCUT2D eigenvalue weighted by Gasteiger charge is 2.40. The Morgan fingerprint density at radius 1 is 1.13 bits per heavy atom. The molecule has 1 aliphatic carbocycles. The molecule has 2 fully saturated rings. The fraction of sp³-hybridized carbons (Fsp3) is 0.480. The highest BCUT2D eigenvalue weighted by Crippen LogP contribution is 2.44. The van der Waals surface area contributed by atoms with Gasteiger partial charge in [0.15, 0.2) is 0 Å². The third-order valence-electron chi connectivity index (χ3n) is 7.05. The molecule has 3 atom stereocenters. The summed E-state index contributed by atoms with van der Waals surface area (Å²) in [5.74, 6) is 1.37. The van der Waals surface area contributed by atoms with Crippen LogP contribution in [0.15, 0.2) is 48.5 Å². The number of carboxylic acid groups (broad SMARTS) is 1. The summed E-state index contributed by atoms with van der Waals surface area (Å²) in [6.45, 7) is 3.42. The number of carbonyl (C=O) groups is 1. The van der Waals surface area contributed by atoms with Gasteiger partial charge in [0.1, 0.15) is 0 Å². The van der Waals surface area contributed by atoms with Gasteiger partial charge < -0.3 is 15.7 Å². The summed E-state index contributed by atoms with van der Waals surface area (Å²) in [6, 6.07) is 17.2. The molecule has 30 heavy (non-hydrogen) atoms. The first-order valence-electron chi connectivity index (χ1n) is 11.3. The van der Waals surface area contributed by atoms with E-state index >= 15 is 0 Å². The molecule has 5 nitrogen and oxygen atoms in total. The maximum atomic E-state index is 12.0. The zero-order valence-corrected chi connectivity index (χ0v) is 17.4. The Hall–Kier alpha value is -2.37. The topological polar surface area (TPSA) is 64.6 Å². The van der Waals surface area contributed by atoms with Crippen LogP contribution in [0.25, 0.3) is 0 Å². The molecule has 1 saturated heterocycles. The molecule has 0 aromatic heterocycles. The second-order valence-electron chi connectivity index (χ2n) is 9.14. The molecule has 0 bridgehead atoms. The van der Waals surface area contributed by atoms with E-state index in [-0.39, 0.29) is 6.04 Å². The standard InChI is InChI=1S/C25H31N3O2/c29-25(30)28-21(12-17-4-2-1-3-5-17)14-20-13-19(6-7-24(20)28)22-15-23(22)27-16-18-8-10-26-11-9-18/h1-7,13,18,21-23,26-27H,8-12,14-16H2,(H,29,30). The molecule has 0 spiro atoms. The lowest BCUT2D eigenvalue weighted by Crippen LogP contribution is -2.38. The average Bonchev–Trinajstić information content (AvgIpc) is 3.45. The first-order chi connectivity index (χ1) is 14.7. The summed E-state index contributed by atoms with van der Waals surface area (Å²) in [7, 11) is 0. The predicted octanol–water partition coefficient (Wildman–Crippen LogP) is 3.78. The lowest BCUT2D eigenvalue weighted by atomic mass is 9.98. The van der Waals surface area contributed by atoms with Crippen LogP contribution < -0.4 is 15.5 Å². The minimum atomic E-state index is -0.852. The fourth-order valence-electron chi connectivity index (χ4n) is 5.28. The molecule has 1 saturated carbocycles. The van der Waals surface area contributed by atoms with Gasteiger partial charge in [0, 0.05) is 18.0 Å². The van der Waals surface area contributed by atoms with Crippen molar-refractivity contribution in [1.29, 1.82) is 0 Å². The molecule has 158 valence electrons. The Balaban J connectivity index is 1.25. The van der Waals surface area contributed by atoms with Crippen molar-refractivity contribution < 1.29 is 9.90 Å². The number of benzene rings is 2. The molecular formula is C25H31N3O2. The number of amides is 1. The van der Waals surface area contributed by atoms with Gasteiger partial charge in [-0.2, -0.15) is 0 Å². The third-order valence-corrected chi connectivity index (χ3v) is 7.05. The molecule has 2 aromatic carbocycles. The van der Waals surface area contributed by atoms with Crippen molar-refractivity contribution in [2.75, 3.05) is 24.5 Å². The fourth-order valence-corrected chi connectivity index (χ4v) is 5.28. The van der Waals surface area contributed by atoms with Gasteiger partial charge in [-0.25, -0.2) is 4.79 Å². The molecule has 5 rings (SSSR count). The molecule has 3 N–H and O–H groups in total. The normalized spacial score (nSPS) is 25.9. The molecule has 0 radical (unpaired) electrons. The number of anilines is 1. The van der Waals surface area contributed by atoms with Crippen LogP contribution >= 0.6 is 0 Å². The molecule has 3 aliphatic rings. The Morgan fingerprint density at radius 3 is 2.70 bits per heavy atom. The van der Waals surface area contributed by atoms with Gasteiger partial charge in [-0.15, -0.1) is 0 Å². The lowest BCUT2D eigenvalue weighted by molar-refractivity contribution is 0.199. The van der Waals surface area contributed by atoms with Crippen LogP contribution in [0.2, 0.25) is 0 Å². The number of piperidine rings is 1. The van der Waals surface area contributed by atoms with Gasteiger partial charge >= 0.3 is 6.09 Å². The second kappa shape index (κ2) is 8.40. The molecule has 2 aromatic rings. The Bertz CT molecular complexity index is 895. The quantitative estimate of drug-likeness (QED) is 0.684.